The van der Waals surface area contributed by atoms with E-state index in [0.29, 0.717) is 13.2 Å². The fourth-order valence-corrected chi connectivity index (χ4v) is 2.78. The first kappa shape index (κ1) is 18.4. The van der Waals surface area contributed by atoms with Gasteiger partial charge < -0.3 is 15.0 Å². The molecular formula is C17H28N4O3. The Morgan fingerprint density at radius 2 is 2.12 bits per heavy atom. The van der Waals surface area contributed by atoms with Crippen LogP contribution in [0.3, 0.4) is 0 Å². The lowest BCUT2D eigenvalue weighted by molar-refractivity contribution is -0.125. The molecule has 1 fully saturated rings. The first-order valence-corrected chi connectivity index (χ1v) is 8.65. The smallest absolute Gasteiger partial charge is 0.268 e. The minimum atomic E-state index is -0.115. The fourth-order valence-electron chi connectivity index (χ4n) is 2.78. The van der Waals surface area contributed by atoms with Crippen LogP contribution in [0.5, 0.6) is 0 Å². The zero-order valence-corrected chi connectivity index (χ0v) is 14.8. The first-order valence-electron chi connectivity index (χ1n) is 8.65. The molecule has 2 rings (SSSR count). The number of piperidine rings is 1. The van der Waals surface area contributed by atoms with E-state index in [1.165, 1.54) is 4.68 Å². The third-order valence-electron chi connectivity index (χ3n) is 4.26. The number of rotatable bonds is 7. The topological polar surface area (TPSA) is 76.5 Å². The van der Waals surface area contributed by atoms with Gasteiger partial charge in [-0.25, -0.2) is 4.68 Å². The maximum absolute atomic E-state index is 12.2. The predicted octanol–water partition coefficient (Wildman–Crippen LogP) is 0.928. The van der Waals surface area contributed by atoms with Crippen molar-refractivity contribution in [1.29, 1.82) is 0 Å². The average molecular weight is 336 g/mol. The Kier molecular flexibility index (Phi) is 6.78. The van der Waals surface area contributed by atoms with Crippen LogP contribution < -0.4 is 15.8 Å². The summed E-state index contributed by atoms with van der Waals surface area (Å²) in [6, 6.07) is 1.60. The number of ether oxygens (including phenoxy) is 1. The number of carbonyl (C=O) groups excluding carboxylic acids is 1. The molecule has 134 valence electrons. The molecule has 0 radical (unpaired) electrons. The van der Waals surface area contributed by atoms with Gasteiger partial charge in [0.2, 0.25) is 5.91 Å². The van der Waals surface area contributed by atoms with Crippen LogP contribution in [0.2, 0.25) is 0 Å². The van der Waals surface area contributed by atoms with Crippen LogP contribution in [-0.4, -0.2) is 48.0 Å². The van der Waals surface area contributed by atoms with Crippen molar-refractivity contribution in [2.45, 2.75) is 39.2 Å². The third kappa shape index (κ3) is 5.33. The number of hydrogen-bond acceptors (Lipinski definition) is 5. The number of hydrogen-bond donors (Lipinski definition) is 1. The van der Waals surface area contributed by atoms with Gasteiger partial charge >= 0.3 is 0 Å². The lowest BCUT2D eigenvalue weighted by Crippen LogP contribution is -2.41. The van der Waals surface area contributed by atoms with Crippen LogP contribution >= 0.6 is 0 Å². The van der Waals surface area contributed by atoms with Crippen LogP contribution in [0.25, 0.3) is 0 Å². The number of aromatic nitrogens is 2. The molecule has 1 aromatic heterocycles. The van der Waals surface area contributed by atoms with Crippen molar-refractivity contribution in [3.8, 4) is 0 Å². The van der Waals surface area contributed by atoms with Gasteiger partial charge in [0.1, 0.15) is 0 Å². The standard InChI is InChI=1S/C17H28N4O3/c1-13(2)24-10-4-7-18-17(23)14-5-8-21(9-6-14)15-11-16(22)20(3)19-12-15/h11-14H,4-10H2,1-3H3,(H,18,23). The van der Waals surface area contributed by atoms with Gasteiger partial charge in [-0.05, 0) is 33.1 Å². The second-order valence-corrected chi connectivity index (χ2v) is 6.50. The summed E-state index contributed by atoms with van der Waals surface area (Å²) in [7, 11) is 1.63. The second-order valence-electron chi connectivity index (χ2n) is 6.50. The van der Waals surface area contributed by atoms with Gasteiger partial charge in [0, 0.05) is 45.3 Å². The van der Waals surface area contributed by atoms with Gasteiger partial charge in [-0.15, -0.1) is 0 Å². The lowest BCUT2D eigenvalue weighted by atomic mass is 9.95. The summed E-state index contributed by atoms with van der Waals surface area (Å²) < 4.78 is 6.77. The Morgan fingerprint density at radius 3 is 2.75 bits per heavy atom. The zero-order chi connectivity index (χ0) is 17.5. The van der Waals surface area contributed by atoms with Gasteiger partial charge in [-0.3, -0.25) is 9.59 Å². The van der Waals surface area contributed by atoms with Gasteiger partial charge in [-0.2, -0.15) is 5.10 Å². The summed E-state index contributed by atoms with van der Waals surface area (Å²) in [6.45, 7) is 6.87. The summed E-state index contributed by atoms with van der Waals surface area (Å²) in [4.78, 5) is 26.0. The molecule has 0 saturated carbocycles. The SMILES string of the molecule is CC(C)OCCCNC(=O)C1CCN(c2cnn(C)c(=O)c2)CC1. The molecule has 0 spiro atoms. The average Bonchev–Trinajstić information content (AvgIpc) is 2.57. The van der Waals surface area contributed by atoms with Gasteiger partial charge in [0.25, 0.3) is 5.56 Å². The number of anilines is 1. The maximum Gasteiger partial charge on any atom is 0.268 e. The maximum atomic E-state index is 12.2. The normalized spacial score (nSPS) is 15.8. The molecule has 0 bridgehead atoms. The van der Waals surface area contributed by atoms with Crippen molar-refractivity contribution >= 4 is 11.6 Å². The van der Waals surface area contributed by atoms with Crippen molar-refractivity contribution in [3.05, 3.63) is 22.6 Å². The number of nitrogens with zero attached hydrogens (tertiary/aromatic N) is 3. The second kappa shape index (κ2) is 8.82. The summed E-state index contributed by atoms with van der Waals surface area (Å²) in [5, 5.41) is 7.04. The minimum Gasteiger partial charge on any atom is -0.379 e. The van der Waals surface area contributed by atoms with Crippen molar-refractivity contribution in [2.24, 2.45) is 13.0 Å². The Bertz CT molecular complexity index is 592. The van der Waals surface area contributed by atoms with E-state index in [0.717, 1.165) is 38.0 Å². The van der Waals surface area contributed by atoms with E-state index in [4.69, 9.17) is 4.74 Å². The summed E-state index contributed by atoms with van der Waals surface area (Å²) >= 11 is 0. The minimum absolute atomic E-state index is 0.0479. The molecule has 0 unspecified atom stereocenters. The molecule has 24 heavy (non-hydrogen) atoms. The van der Waals surface area contributed by atoms with Crippen LogP contribution in [0, 0.1) is 5.92 Å². The Morgan fingerprint density at radius 1 is 1.42 bits per heavy atom. The highest BCUT2D eigenvalue weighted by Gasteiger charge is 2.25. The largest absolute Gasteiger partial charge is 0.379 e. The summed E-state index contributed by atoms with van der Waals surface area (Å²) in [6.07, 6.45) is 4.36. The van der Waals surface area contributed by atoms with Crippen molar-refractivity contribution in [2.75, 3.05) is 31.1 Å². The van der Waals surface area contributed by atoms with Crippen LogP contribution in [0.1, 0.15) is 33.1 Å². The quantitative estimate of drug-likeness (QED) is 0.750. The Balaban J connectivity index is 1.72. The van der Waals surface area contributed by atoms with E-state index < -0.39 is 0 Å². The molecule has 7 nitrogen and oxygen atoms in total. The highest BCUT2D eigenvalue weighted by molar-refractivity contribution is 5.78. The molecule has 0 aliphatic carbocycles. The highest BCUT2D eigenvalue weighted by atomic mass is 16.5. The van der Waals surface area contributed by atoms with Crippen molar-refractivity contribution in [1.82, 2.24) is 15.1 Å². The van der Waals surface area contributed by atoms with Crippen LogP contribution in [0.15, 0.2) is 17.1 Å². The molecule has 1 amide bonds. The van der Waals surface area contributed by atoms with Gasteiger partial charge in [0.15, 0.2) is 0 Å². The van der Waals surface area contributed by atoms with Crippen LogP contribution in [0.4, 0.5) is 5.69 Å². The first-order chi connectivity index (χ1) is 11.5. The molecule has 1 saturated heterocycles. The van der Waals surface area contributed by atoms with E-state index in [9.17, 15) is 9.59 Å². The Labute approximate surface area is 143 Å². The van der Waals surface area contributed by atoms with E-state index in [-0.39, 0.29) is 23.5 Å². The van der Waals surface area contributed by atoms with Gasteiger partial charge in [-0.1, -0.05) is 0 Å². The van der Waals surface area contributed by atoms with Gasteiger partial charge in [0.05, 0.1) is 18.0 Å². The monoisotopic (exact) mass is 336 g/mol. The Hall–Kier alpha value is -1.89. The van der Waals surface area contributed by atoms with Crippen molar-refractivity contribution < 1.29 is 9.53 Å². The molecule has 0 atom stereocenters. The highest BCUT2D eigenvalue weighted by Crippen LogP contribution is 2.21. The fraction of sp³-hybridized carbons (Fsp3) is 0.706. The number of carbonyl (C=O) groups is 1. The molecule has 1 aliphatic heterocycles. The van der Waals surface area contributed by atoms with Crippen LogP contribution in [-0.2, 0) is 16.6 Å². The molecule has 1 aromatic rings. The van der Waals surface area contributed by atoms with E-state index in [2.05, 4.69) is 15.3 Å². The molecule has 1 aliphatic rings. The molecule has 0 aromatic carbocycles. The summed E-state index contributed by atoms with van der Waals surface area (Å²) in [5.74, 6) is 0.174. The lowest BCUT2D eigenvalue weighted by Gasteiger charge is -2.32. The van der Waals surface area contributed by atoms with E-state index >= 15 is 0 Å². The molecule has 2 heterocycles. The number of nitrogens with one attached hydrogen (secondary N) is 1. The number of amides is 1. The molecule has 1 N–H and O–H groups in total. The number of aryl methyl sites for hydroxylation is 1. The molecular weight excluding hydrogens is 308 g/mol. The summed E-state index contributed by atoms with van der Waals surface area (Å²) in [5.41, 5.74) is 0.721. The van der Waals surface area contributed by atoms with E-state index in [1.807, 2.05) is 13.8 Å². The predicted molar refractivity (Wildman–Crippen MR) is 93.1 cm³/mol. The third-order valence-corrected chi connectivity index (χ3v) is 4.26. The van der Waals surface area contributed by atoms with Crippen molar-refractivity contribution in [3.63, 3.8) is 0 Å². The zero-order valence-electron chi connectivity index (χ0n) is 14.8. The molecule has 7 heteroatoms. The van der Waals surface area contributed by atoms with E-state index in [1.54, 1.807) is 19.3 Å².